The van der Waals surface area contributed by atoms with Gasteiger partial charge in [-0.05, 0) is 6.07 Å². The lowest BCUT2D eigenvalue weighted by Crippen LogP contribution is -2.20. The molecule has 0 atom stereocenters. The van der Waals surface area contributed by atoms with Crippen LogP contribution in [0.4, 0.5) is 13.2 Å². The number of alkyl halides is 3. The molecule has 7 heteroatoms. The van der Waals surface area contributed by atoms with Crippen LogP contribution in [-0.4, -0.2) is 37.3 Å². The number of nitrogens with zero attached hydrogens (tertiary/aromatic N) is 1. The van der Waals surface area contributed by atoms with Crippen molar-refractivity contribution in [2.75, 3.05) is 20.3 Å². The fraction of sp³-hybridized carbons (Fsp3) is 0.400. The predicted molar refractivity (Wildman–Crippen MR) is 52.0 cm³/mol. The molecule has 0 aromatic carbocycles. The van der Waals surface area contributed by atoms with E-state index >= 15 is 0 Å². The minimum atomic E-state index is -4.44. The number of methoxy groups -OCH3 is 1. The second-order valence-corrected chi connectivity index (χ2v) is 3.14. The fourth-order valence-corrected chi connectivity index (χ4v) is 1.03. The summed E-state index contributed by atoms with van der Waals surface area (Å²) in [5.41, 5.74) is 0.145. The smallest absolute Gasteiger partial charge is 0.411 e. The molecule has 0 aliphatic rings. The highest BCUT2D eigenvalue weighted by atomic mass is 19.4. The van der Waals surface area contributed by atoms with Crippen molar-refractivity contribution in [3.8, 4) is 5.75 Å². The Hall–Kier alpha value is -1.63. The number of ether oxygens (including phenoxy) is 2. The first-order valence-corrected chi connectivity index (χ1v) is 4.59. The average molecular weight is 249 g/mol. The molecule has 0 amide bonds. The maximum Gasteiger partial charge on any atom is 0.411 e. The lowest BCUT2D eigenvalue weighted by molar-refractivity contribution is -0.170. The van der Waals surface area contributed by atoms with Gasteiger partial charge in [0.25, 0.3) is 0 Å². The average Bonchev–Trinajstić information content (AvgIpc) is 2.27. The second kappa shape index (κ2) is 5.62. The van der Waals surface area contributed by atoms with Gasteiger partial charge in [-0.3, -0.25) is 9.78 Å². The summed E-state index contributed by atoms with van der Waals surface area (Å²) in [6, 6.07) is 1.38. The van der Waals surface area contributed by atoms with Gasteiger partial charge in [-0.25, -0.2) is 0 Å². The van der Waals surface area contributed by atoms with Crippen molar-refractivity contribution in [3.05, 3.63) is 24.0 Å². The summed E-state index contributed by atoms with van der Waals surface area (Å²) >= 11 is 0. The molecular weight excluding hydrogens is 239 g/mol. The molecule has 0 spiro atoms. The van der Waals surface area contributed by atoms with Crippen LogP contribution in [0.3, 0.4) is 0 Å². The van der Waals surface area contributed by atoms with E-state index in [2.05, 4.69) is 9.72 Å². The molecule has 0 aliphatic carbocycles. The Morgan fingerprint density at radius 2 is 2.12 bits per heavy atom. The van der Waals surface area contributed by atoms with E-state index in [-0.39, 0.29) is 5.56 Å². The standard InChI is InChI=1S/C10H10F3NO3/c1-16-8-2-7(3-14-4-8)9(15)5-17-6-10(11,12)13/h2-4H,5-6H2,1H3. The van der Waals surface area contributed by atoms with Gasteiger partial charge in [0.15, 0.2) is 5.78 Å². The Balaban J connectivity index is 2.52. The van der Waals surface area contributed by atoms with Gasteiger partial charge < -0.3 is 9.47 Å². The summed E-state index contributed by atoms with van der Waals surface area (Å²) < 4.78 is 44.3. The van der Waals surface area contributed by atoms with Crippen LogP contribution in [0.25, 0.3) is 0 Å². The number of carbonyl (C=O) groups is 1. The SMILES string of the molecule is COc1cncc(C(=O)COCC(F)(F)F)c1. The van der Waals surface area contributed by atoms with E-state index in [1.54, 1.807) is 0 Å². The van der Waals surface area contributed by atoms with Crippen molar-refractivity contribution in [2.24, 2.45) is 0 Å². The Labute approximate surface area is 95.4 Å². The fourth-order valence-electron chi connectivity index (χ4n) is 1.03. The van der Waals surface area contributed by atoms with Crippen LogP contribution in [-0.2, 0) is 4.74 Å². The van der Waals surface area contributed by atoms with Crippen molar-refractivity contribution in [1.29, 1.82) is 0 Å². The minimum absolute atomic E-state index is 0.145. The van der Waals surface area contributed by atoms with Crippen molar-refractivity contribution in [1.82, 2.24) is 4.98 Å². The van der Waals surface area contributed by atoms with Gasteiger partial charge in [0.05, 0.1) is 13.3 Å². The largest absolute Gasteiger partial charge is 0.495 e. The third-order valence-corrected chi connectivity index (χ3v) is 1.77. The van der Waals surface area contributed by atoms with E-state index in [9.17, 15) is 18.0 Å². The Morgan fingerprint density at radius 1 is 1.41 bits per heavy atom. The van der Waals surface area contributed by atoms with Crippen molar-refractivity contribution < 1.29 is 27.4 Å². The molecule has 94 valence electrons. The van der Waals surface area contributed by atoms with E-state index < -0.39 is 25.2 Å². The molecule has 17 heavy (non-hydrogen) atoms. The molecule has 1 rings (SSSR count). The summed E-state index contributed by atoms with van der Waals surface area (Å²) in [7, 11) is 1.39. The van der Waals surface area contributed by atoms with Gasteiger partial charge in [0.2, 0.25) is 0 Å². The second-order valence-electron chi connectivity index (χ2n) is 3.14. The zero-order valence-corrected chi connectivity index (χ0v) is 8.95. The molecule has 0 aliphatic heterocycles. The topological polar surface area (TPSA) is 48.4 Å². The number of Topliss-reactive ketones (excluding diaryl/α,β-unsaturated/α-hetero) is 1. The van der Waals surface area contributed by atoms with E-state index in [1.165, 1.54) is 25.6 Å². The van der Waals surface area contributed by atoms with Crippen LogP contribution in [0.15, 0.2) is 18.5 Å². The number of hydrogen-bond donors (Lipinski definition) is 0. The Morgan fingerprint density at radius 3 is 2.71 bits per heavy atom. The molecule has 1 aromatic rings. The third kappa shape index (κ3) is 4.81. The van der Waals surface area contributed by atoms with E-state index in [4.69, 9.17) is 4.74 Å². The lowest BCUT2D eigenvalue weighted by Gasteiger charge is -2.07. The first kappa shape index (κ1) is 13.4. The highest BCUT2D eigenvalue weighted by molar-refractivity contribution is 5.97. The summed E-state index contributed by atoms with van der Waals surface area (Å²) in [4.78, 5) is 15.1. The molecule has 1 heterocycles. The number of aromatic nitrogens is 1. The quantitative estimate of drug-likeness (QED) is 0.747. The molecular formula is C10H10F3NO3. The van der Waals surface area contributed by atoms with Crippen molar-refractivity contribution >= 4 is 5.78 Å². The Bertz CT molecular complexity index is 393. The maximum atomic E-state index is 11.8. The van der Waals surface area contributed by atoms with Crippen LogP contribution < -0.4 is 4.74 Å². The summed E-state index contributed by atoms with van der Waals surface area (Å²) in [5, 5.41) is 0. The molecule has 0 unspecified atom stereocenters. The highest BCUT2D eigenvalue weighted by Gasteiger charge is 2.27. The van der Waals surface area contributed by atoms with Crippen molar-refractivity contribution in [2.45, 2.75) is 6.18 Å². The van der Waals surface area contributed by atoms with Crippen LogP contribution in [0, 0.1) is 0 Å². The summed E-state index contributed by atoms with van der Waals surface area (Å²) in [6.45, 7) is -2.09. The number of hydrogen-bond acceptors (Lipinski definition) is 4. The van der Waals surface area contributed by atoms with Crippen molar-refractivity contribution in [3.63, 3.8) is 0 Å². The monoisotopic (exact) mass is 249 g/mol. The number of ketones is 1. The number of carbonyl (C=O) groups excluding carboxylic acids is 1. The maximum absolute atomic E-state index is 11.8. The van der Waals surface area contributed by atoms with Gasteiger partial charge >= 0.3 is 6.18 Å². The zero-order chi connectivity index (χ0) is 12.9. The van der Waals surface area contributed by atoms with Crippen LogP contribution in [0.5, 0.6) is 5.75 Å². The van der Waals surface area contributed by atoms with Gasteiger partial charge in [-0.1, -0.05) is 0 Å². The summed E-state index contributed by atoms with van der Waals surface area (Å²) in [6.07, 6.45) is -1.82. The molecule has 0 bridgehead atoms. The molecule has 0 N–H and O–H groups in total. The van der Waals surface area contributed by atoms with Crippen LogP contribution in [0.2, 0.25) is 0 Å². The van der Waals surface area contributed by atoms with Gasteiger partial charge in [0, 0.05) is 11.8 Å². The van der Waals surface area contributed by atoms with Crippen LogP contribution in [0.1, 0.15) is 10.4 Å². The normalized spacial score (nSPS) is 11.3. The molecule has 0 saturated carbocycles. The van der Waals surface area contributed by atoms with Gasteiger partial charge in [-0.2, -0.15) is 13.2 Å². The molecule has 4 nitrogen and oxygen atoms in total. The minimum Gasteiger partial charge on any atom is -0.495 e. The molecule has 1 aromatic heterocycles. The van der Waals surface area contributed by atoms with E-state index in [0.717, 1.165) is 0 Å². The predicted octanol–water partition coefficient (Wildman–Crippen LogP) is 1.85. The van der Waals surface area contributed by atoms with Gasteiger partial charge in [0.1, 0.15) is 19.0 Å². The van der Waals surface area contributed by atoms with E-state index in [0.29, 0.717) is 5.75 Å². The summed E-state index contributed by atoms with van der Waals surface area (Å²) in [5.74, 6) is -0.229. The highest BCUT2D eigenvalue weighted by Crippen LogP contribution is 2.15. The Kier molecular flexibility index (Phi) is 4.45. The zero-order valence-electron chi connectivity index (χ0n) is 8.95. The lowest BCUT2D eigenvalue weighted by atomic mass is 10.2. The number of pyridine rings is 1. The van der Waals surface area contributed by atoms with Gasteiger partial charge in [-0.15, -0.1) is 0 Å². The molecule has 0 radical (unpaired) electrons. The van der Waals surface area contributed by atoms with Crippen LogP contribution >= 0.6 is 0 Å². The molecule has 0 fully saturated rings. The third-order valence-electron chi connectivity index (χ3n) is 1.77. The number of halogens is 3. The number of rotatable bonds is 5. The first-order chi connectivity index (χ1) is 7.92. The first-order valence-electron chi connectivity index (χ1n) is 4.59. The van der Waals surface area contributed by atoms with E-state index in [1.807, 2.05) is 0 Å². The molecule has 0 saturated heterocycles.